The molecule has 0 aliphatic heterocycles. The molecule has 0 aromatic heterocycles. The van der Waals surface area contributed by atoms with E-state index in [9.17, 15) is 9.90 Å². The van der Waals surface area contributed by atoms with Gasteiger partial charge in [-0.05, 0) is 36.6 Å². The summed E-state index contributed by atoms with van der Waals surface area (Å²) in [5.41, 5.74) is 0.233. The standard InChI is InChI=1S/C14H12O2S2/c1-17-10-6-8-11(9-7-10)18-13-5-3-2-4-12(13)14(15)16/h2-9H,1H3,(H,15,16)/p-1. The monoisotopic (exact) mass is 275 g/mol. The van der Waals surface area contributed by atoms with Crippen LogP contribution in [0.2, 0.25) is 0 Å². The number of carbonyl (C=O) groups is 1. The first-order valence-electron chi connectivity index (χ1n) is 5.33. The van der Waals surface area contributed by atoms with E-state index in [-0.39, 0.29) is 5.56 Å². The number of hydrogen-bond donors (Lipinski definition) is 0. The van der Waals surface area contributed by atoms with Gasteiger partial charge in [0, 0.05) is 20.2 Å². The minimum Gasteiger partial charge on any atom is -0.545 e. The van der Waals surface area contributed by atoms with Crippen molar-refractivity contribution >= 4 is 29.5 Å². The summed E-state index contributed by atoms with van der Waals surface area (Å²) >= 11 is 3.11. The van der Waals surface area contributed by atoms with Crippen LogP contribution in [0.5, 0.6) is 0 Å². The van der Waals surface area contributed by atoms with Gasteiger partial charge in [-0.2, -0.15) is 0 Å². The molecule has 0 aliphatic rings. The van der Waals surface area contributed by atoms with E-state index in [0.29, 0.717) is 4.90 Å². The summed E-state index contributed by atoms with van der Waals surface area (Å²) in [6, 6.07) is 14.9. The molecule has 0 amide bonds. The van der Waals surface area contributed by atoms with Crippen LogP contribution in [-0.2, 0) is 0 Å². The number of carboxylic acid groups (broad SMARTS) is 1. The number of benzene rings is 2. The van der Waals surface area contributed by atoms with Gasteiger partial charge in [-0.15, -0.1) is 11.8 Å². The molecule has 0 atom stereocenters. The second kappa shape index (κ2) is 5.98. The highest BCUT2D eigenvalue weighted by molar-refractivity contribution is 7.99. The van der Waals surface area contributed by atoms with E-state index in [1.54, 1.807) is 30.0 Å². The Morgan fingerprint density at radius 1 is 1.00 bits per heavy atom. The molecule has 0 heterocycles. The average Bonchev–Trinajstić information content (AvgIpc) is 2.40. The lowest BCUT2D eigenvalue weighted by atomic mass is 10.2. The Morgan fingerprint density at radius 2 is 1.61 bits per heavy atom. The first-order valence-corrected chi connectivity index (χ1v) is 7.37. The molecule has 0 unspecified atom stereocenters. The highest BCUT2D eigenvalue weighted by atomic mass is 32.2. The minimum absolute atomic E-state index is 0.233. The third-order valence-corrected chi connectivity index (χ3v) is 4.22. The Balaban J connectivity index is 2.25. The second-order valence-electron chi connectivity index (χ2n) is 3.56. The summed E-state index contributed by atoms with van der Waals surface area (Å²) in [7, 11) is 0. The smallest absolute Gasteiger partial charge is 0.0726 e. The molecule has 0 bridgehead atoms. The summed E-state index contributed by atoms with van der Waals surface area (Å²) in [4.78, 5) is 13.9. The Bertz CT molecular complexity index is 550. The molecule has 4 heteroatoms. The van der Waals surface area contributed by atoms with Crippen LogP contribution in [0, 0.1) is 0 Å². The van der Waals surface area contributed by atoms with Crippen molar-refractivity contribution in [2.45, 2.75) is 14.7 Å². The van der Waals surface area contributed by atoms with Gasteiger partial charge in [0.2, 0.25) is 0 Å². The second-order valence-corrected chi connectivity index (χ2v) is 5.56. The van der Waals surface area contributed by atoms with Crippen LogP contribution in [0.15, 0.2) is 63.2 Å². The van der Waals surface area contributed by atoms with Crippen molar-refractivity contribution in [2.75, 3.05) is 6.26 Å². The quantitative estimate of drug-likeness (QED) is 0.804. The Labute approximate surface area is 114 Å². The van der Waals surface area contributed by atoms with Gasteiger partial charge in [0.25, 0.3) is 0 Å². The van der Waals surface area contributed by atoms with Gasteiger partial charge in [0.1, 0.15) is 0 Å². The lowest BCUT2D eigenvalue weighted by molar-refractivity contribution is -0.255. The first-order chi connectivity index (χ1) is 8.70. The highest BCUT2D eigenvalue weighted by Gasteiger charge is 2.04. The minimum atomic E-state index is -1.14. The zero-order valence-corrected chi connectivity index (χ0v) is 11.4. The Hall–Kier alpha value is -1.39. The van der Waals surface area contributed by atoms with Gasteiger partial charge >= 0.3 is 0 Å². The van der Waals surface area contributed by atoms with E-state index in [1.165, 1.54) is 16.7 Å². The fourth-order valence-electron chi connectivity index (χ4n) is 1.50. The number of hydrogen-bond acceptors (Lipinski definition) is 4. The molecule has 2 aromatic rings. The van der Waals surface area contributed by atoms with Crippen molar-refractivity contribution in [3.63, 3.8) is 0 Å². The SMILES string of the molecule is CSc1ccc(Sc2ccccc2C(=O)[O-])cc1. The molecule has 0 N–H and O–H groups in total. The molecule has 18 heavy (non-hydrogen) atoms. The summed E-state index contributed by atoms with van der Waals surface area (Å²) in [6.07, 6.45) is 2.02. The van der Waals surface area contributed by atoms with Crippen molar-refractivity contribution in [1.29, 1.82) is 0 Å². The predicted molar refractivity (Wildman–Crippen MR) is 73.1 cm³/mol. The van der Waals surface area contributed by atoms with E-state index in [2.05, 4.69) is 0 Å². The van der Waals surface area contributed by atoms with Gasteiger partial charge in [-0.3, -0.25) is 0 Å². The van der Waals surface area contributed by atoms with Crippen LogP contribution in [0.1, 0.15) is 10.4 Å². The molecule has 0 saturated heterocycles. The van der Waals surface area contributed by atoms with Gasteiger partial charge in [-0.25, -0.2) is 0 Å². The molecule has 2 rings (SSSR count). The normalized spacial score (nSPS) is 10.3. The lowest BCUT2D eigenvalue weighted by Gasteiger charge is -2.09. The summed E-state index contributed by atoms with van der Waals surface area (Å²) in [5.74, 6) is -1.14. The predicted octanol–water partition coefficient (Wildman–Crippen LogP) is 2.92. The van der Waals surface area contributed by atoms with Crippen molar-refractivity contribution in [3.8, 4) is 0 Å². The average molecular weight is 275 g/mol. The molecule has 2 aromatic carbocycles. The highest BCUT2D eigenvalue weighted by Crippen LogP contribution is 2.31. The summed E-state index contributed by atoms with van der Waals surface area (Å²) in [5, 5.41) is 11.0. The van der Waals surface area contributed by atoms with Crippen LogP contribution >= 0.6 is 23.5 Å². The van der Waals surface area contributed by atoms with Crippen LogP contribution in [0.3, 0.4) is 0 Å². The molecular formula is C14H11O2S2-. The first kappa shape index (κ1) is 13.1. The van der Waals surface area contributed by atoms with Gasteiger partial charge in [-0.1, -0.05) is 30.0 Å². The molecule has 0 radical (unpaired) electrons. The molecule has 0 aliphatic carbocycles. The third-order valence-electron chi connectivity index (χ3n) is 2.39. The van der Waals surface area contributed by atoms with E-state index in [4.69, 9.17) is 0 Å². The van der Waals surface area contributed by atoms with E-state index in [1.807, 2.05) is 36.6 Å². The van der Waals surface area contributed by atoms with E-state index in [0.717, 1.165) is 4.90 Å². The van der Waals surface area contributed by atoms with Crippen molar-refractivity contribution in [2.24, 2.45) is 0 Å². The Morgan fingerprint density at radius 3 is 2.22 bits per heavy atom. The van der Waals surface area contributed by atoms with Crippen LogP contribution in [0.4, 0.5) is 0 Å². The van der Waals surface area contributed by atoms with Crippen LogP contribution in [-0.4, -0.2) is 12.2 Å². The Kier molecular flexibility index (Phi) is 4.33. The molecule has 92 valence electrons. The number of aromatic carboxylic acids is 1. The number of carbonyl (C=O) groups excluding carboxylic acids is 1. The maximum atomic E-state index is 11.0. The molecular weight excluding hydrogens is 264 g/mol. The lowest BCUT2D eigenvalue weighted by Crippen LogP contribution is -2.22. The van der Waals surface area contributed by atoms with Crippen LogP contribution < -0.4 is 5.11 Å². The van der Waals surface area contributed by atoms with Gasteiger partial charge in [0.15, 0.2) is 0 Å². The number of thioether (sulfide) groups is 1. The summed E-state index contributed by atoms with van der Waals surface area (Å²) in [6.45, 7) is 0. The zero-order chi connectivity index (χ0) is 13.0. The van der Waals surface area contributed by atoms with Crippen LogP contribution in [0.25, 0.3) is 0 Å². The largest absolute Gasteiger partial charge is 0.545 e. The fraction of sp³-hybridized carbons (Fsp3) is 0.0714. The van der Waals surface area contributed by atoms with Gasteiger partial charge in [0.05, 0.1) is 5.97 Å². The number of carboxylic acids is 1. The maximum Gasteiger partial charge on any atom is 0.0726 e. The van der Waals surface area contributed by atoms with Crippen molar-refractivity contribution in [1.82, 2.24) is 0 Å². The maximum absolute atomic E-state index is 11.0. The van der Waals surface area contributed by atoms with Crippen molar-refractivity contribution in [3.05, 3.63) is 54.1 Å². The van der Waals surface area contributed by atoms with E-state index < -0.39 is 5.97 Å². The molecule has 0 fully saturated rings. The topological polar surface area (TPSA) is 40.1 Å². The molecule has 0 spiro atoms. The zero-order valence-electron chi connectivity index (χ0n) is 9.75. The number of rotatable bonds is 4. The fourth-order valence-corrected chi connectivity index (χ4v) is 2.84. The van der Waals surface area contributed by atoms with Gasteiger partial charge < -0.3 is 9.90 Å². The van der Waals surface area contributed by atoms with E-state index >= 15 is 0 Å². The molecule has 0 saturated carbocycles. The summed E-state index contributed by atoms with van der Waals surface area (Å²) < 4.78 is 0. The molecule has 2 nitrogen and oxygen atoms in total. The van der Waals surface area contributed by atoms with Crippen molar-refractivity contribution < 1.29 is 9.90 Å². The third kappa shape index (κ3) is 3.09.